The van der Waals surface area contributed by atoms with Crippen molar-refractivity contribution in [2.75, 3.05) is 12.0 Å². The Morgan fingerprint density at radius 2 is 2.14 bits per heavy atom. The van der Waals surface area contributed by atoms with E-state index in [0.29, 0.717) is 17.3 Å². The van der Waals surface area contributed by atoms with E-state index >= 15 is 0 Å². The number of hydrazine groups is 1. The van der Waals surface area contributed by atoms with Gasteiger partial charge < -0.3 is 10.3 Å². The minimum atomic E-state index is 0.0789. The third kappa shape index (κ3) is 3.53. The first-order valence-corrected chi connectivity index (χ1v) is 7.72. The van der Waals surface area contributed by atoms with Crippen molar-refractivity contribution >= 4 is 11.7 Å². The summed E-state index contributed by atoms with van der Waals surface area (Å²) in [6.07, 6.45) is 2.13. The van der Waals surface area contributed by atoms with Crippen LogP contribution in [0.25, 0.3) is 0 Å². The highest BCUT2D eigenvalue weighted by Crippen LogP contribution is 2.25. The molecule has 3 N–H and O–H groups in total. The lowest BCUT2D eigenvalue weighted by Crippen LogP contribution is -2.44. The van der Waals surface area contributed by atoms with Crippen LogP contribution >= 0.6 is 0 Å². The van der Waals surface area contributed by atoms with E-state index in [0.717, 1.165) is 25.1 Å². The number of carbonyl (C=O) groups is 1. The Morgan fingerprint density at radius 1 is 1.43 bits per heavy atom. The van der Waals surface area contributed by atoms with Crippen LogP contribution < -0.4 is 11.3 Å². The van der Waals surface area contributed by atoms with E-state index < -0.39 is 0 Å². The first kappa shape index (κ1) is 15.8. The number of piperidine rings is 1. The second kappa shape index (κ2) is 6.43. The summed E-state index contributed by atoms with van der Waals surface area (Å²) in [6, 6.07) is 3.91. The van der Waals surface area contributed by atoms with Crippen LogP contribution in [0.3, 0.4) is 0 Å². The number of likely N-dealkylation sites (tertiary alicyclic amines) is 1. The van der Waals surface area contributed by atoms with Crippen LogP contribution in [-0.4, -0.2) is 28.4 Å². The Balaban J connectivity index is 2.28. The predicted molar refractivity (Wildman–Crippen MR) is 85.0 cm³/mol. The molecule has 5 heteroatoms. The maximum atomic E-state index is 12.8. The van der Waals surface area contributed by atoms with Gasteiger partial charge in [0.2, 0.25) is 0 Å². The molecule has 5 nitrogen and oxygen atoms in total. The molecule has 2 unspecified atom stereocenters. The fraction of sp³-hybridized carbons (Fsp3) is 0.625. The highest BCUT2D eigenvalue weighted by atomic mass is 16.2. The van der Waals surface area contributed by atoms with E-state index in [1.807, 2.05) is 11.0 Å². The molecule has 1 saturated heterocycles. The number of carbonyl (C=O) groups excluding carboxylic acids is 1. The number of hydrogen-bond donors (Lipinski definition) is 2. The molecule has 0 bridgehead atoms. The summed E-state index contributed by atoms with van der Waals surface area (Å²) in [4.78, 5) is 19.2. The monoisotopic (exact) mass is 290 g/mol. The fourth-order valence-corrected chi connectivity index (χ4v) is 2.92. The largest absolute Gasteiger partial charge is 0.336 e. The molecule has 1 aliphatic rings. The maximum Gasteiger partial charge on any atom is 0.254 e. The van der Waals surface area contributed by atoms with Crippen molar-refractivity contribution in [2.24, 2.45) is 11.8 Å². The number of nitrogen functional groups attached to an aromatic ring is 1. The van der Waals surface area contributed by atoms with Crippen LogP contribution in [0.2, 0.25) is 0 Å². The summed E-state index contributed by atoms with van der Waals surface area (Å²) in [5.74, 6) is 7.04. The lowest BCUT2D eigenvalue weighted by molar-refractivity contribution is 0.0588. The smallest absolute Gasteiger partial charge is 0.254 e. The molecule has 0 spiro atoms. The van der Waals surface area contributed by atoms with Crippen molar-refractivity contribution in [3.8, 4) is 0 Å². The van der Waals surface area contributed by atoms with Crippen molar-refractivity contribution < 1.29 is 4.79 Å². The van der Waals surface area contributed by atoms with E-state index in [1.165, 1.54) is 0 Å². The van der Waals surface area contributed by atoms with Crippen LogP contribution in [0, 0.1) is 5.92 Å². The van der Waals surface area contributed by atoms with Gasteiger partial charge in [-0.3, -0.25) is 4.79 Å². The summed E-state index contributed by atoms with van der Waals surface area (Å²) in [6.45, 7) is 9.31. The van der Waals surface area contributed by atoms with Crippen LogP contribution in [0.1, 0.15) is 62.5 Å². The number of nitrogens with zero attached hydrogens (tertiary/aromatic N) is 2. The van der Waals surface area contributed by atoms with Gasteiger partial charge in [-0.25, -0.2) is 10.8 Å². The van der Waals surface area contributed by atoms with E-state index in [2.05, 4.69) is 38.1 Å². The average Bonchev–Trinajstić information content (AvgIpc) is 2.46. The fourth-order valence-electron chi connectivity index (χ4n) is 2.92. The zero-order valence-corrected chi connectivity index (χ0v) is 13.4. The van der Waals surface area contributed by atoms with E-state index in [-0.39, 0.29) is 17.9 Å². The van der Waals surface area contributed by atoms with Crippen molar-refractivity contribution in [1.29, 1.82) is 0 Å². The molecule has 1 amide bonds. The number of nitrogens with two attached hydrogens (primary N) is 1. The molecule has 116 valence electrons. The third-order valence-corrected chi connectivity index (χ3v) is 4.23. The third-order valence-electron chi connectivity index (χ3n) is 4.23. The second-order valence-corrected chi connectivity index (χ2v) is 6.44. The van der Waals surface area contributed by atoms with Crippen LogP contribution in [-0.2, 0) is 0 Å². The van der Waals surface area contributed by atoms with Crippen molar-refractivity contribution in [2.45, 2.75) is 52.5 Å². The average molecular weight is 290 g/mol. The summed E-state index contributed by atoms with van der Waals surface area (Å²) < 4.78 is 0. The molecular formula is C16H26N4O. The molecule has 1 aliphatic heterocycles. The zero-order valence-electron chi connectivity index (χ0n) is 13.4. The standard InChI is InChI=1S/C16H26N4O/c1-10(2)14-8-13(9-15(18-14)19-17)16(21)20-6-5-11(3)7-12(20)4/h8-12H,5-7,17H2,1-4H3,(H,18,19). The van der Waals surface area contributed by atoms with Gasteiger partial charge in [-0.1, -0.05) is 20.8 Å². The Hall–Kier alpha value is -1.62. The molecule has 0 aromatic carbocycles. The highest BCUT2D eigenvalue weighted by Gasteiger charge is 2.28. The van der Waals surface area contributed by atoms with Crippen molar-refractivity contribution in [3.63, 3.8) is 0 Å². The number of anilines is 1. The molecule has 0 saturated carbocycles. The predicted octanol–water partition coefficient (Wildman–Crippen LogP) is 2.75. The topological polar surface area (TPSA) is 71.2 Å². The lowest BCUT2D eigenvalue weighted by Gasteiger charge is -2.36. The first-order chi connectivity index (χ1) is 9.92. The molecular weight excluding hydrogens is 264 g/mol. The van der Waals surface area contributed by atoms with Gasteiger partial charge in [0.05, 0.1) is 0 Å². The van der Waals surface area contributed by atoms with Crippen molar-refractivity contribution in [1.82, 2.24) is 9.88 Å². The second-order valence-electron chi connectivity index (χ2n) is 6.44. The molecule has 2 heterocycles. The Kier molecular flexibility index (Phi) is 4.83. The number of rotatable bonds is 3. The van der Waals surface area contributed by atoms with E-state index in [9.17, 15) is 4.79 Å². The van der Waals surface area contributed by atoms with Gasteiger partial charge in [0.15, 0.2) is 0 Å². The van der Waals surface area contributed by atoms with Gasteiger partial charge in [-0.05, 0) is 43.7 Å². The minimum absolute atomic E-state index is 0.0789. The SMILES string of the molecule is CC1CCN(C(=O)c2cc(NN)nc(C(C)C)c2)C(C)C1. The number of aromatic nitrogens is 1. The van der Waals surface area contributed by atoms with E-state index in [4.69, 9.17) is 5.84 Å². The quantitative estimate of drug-likeness (QED) is 0.663. The summed E-state index contributed by atoms with van der Waals surface area (Å²) in [5, 5.41) is 0. The molecule has 1 aromatic heterocycles. The molecule has 0 aliphatic carbocycles. The highest BCUT2D eigenvalue weighted by molar-refractivity contribution is 5.95. The lowest BCUT2D eigenvalue weighted by atomic mass is 9.92. The normalized spacial score (nSPS) is 22.5. The molecule has 21 heavy (non-hydrogen) atoms. The zero-order chi connectivity index (χ0) is 15.6. The number of pyridine rings is 1. The molecule has 2 rings (SSSR count). The van der Waals surface area contributed by atoms with Gasteiger partial charge in [-0.15, -0.1) is 0 Å². The summed E-state index contributed by atoms with van der Waals surface area (Å²) in [7, 11) is 0. The Morgan fingerprint density at radius 3 is 2.71 bits per heavy atom. The minimum Gasteiger partial charge on any atom is -0.336 e. The van der Waals surface area contributed by atoms with E-state index in [1.54, 1.807) is 6.07 Å². The first-order valence-electron chi connectivity index (χ1n) is 7.72. The number of amides is 1. The van der Waals surface area contributed by atoms with Gasteiger partial charge in [0.1, 0.15) is 5.82 Å². The maximum absolute atomic E-state index is 12.8. The van der Waals surface area contributed by atoms with Gasteiger partial charge in [-0.2, -0.15) is 0 Å². The number of hydrogen-bond acceptors (Lipinski definition) is 4. The van der Waals surface area contributed by atoms with Gasteiger partial charge in [0, 0.05) is 23.8 Å². The van der Waals surface area contributed by atoms with Crippen LogP contribution in [0.15, 0.2) is 12.1 Å². The van der Waals surface area contributed by atoms with Crippen LogP contribution in [0.5, 0.6) is 0 Å². The number of nitrogens with one attached hydrogen (secondary N) is 1. The summed E-state index contributed by atoms with van der Waals surface area (Å²) in [5.41, 5.74) is 4.11. The molecule has 2 atom stereocenters. The summed E-state index contributed by atoms with van der Waals surface area (Å²) >= 11 is 0. The van der Waals surface area contributed by atoms with Crippen molar-refractivity contribution in [3.05, 3.63) is 23.4 Å². The Bertz CT molecular complexity index is 515. The molecule has 1 fully saturated rings. The molecule has 1 aromatic rings. The van der Waals surface area contributed by atoms with Gasteiger partial charge >= 0.3 is 0 Å². The van der Waals surface area contributed by atoms with Crippen LogP contribution in [0.4, 0.5) is 5.82 Å². The molecule has 0 radical (unpaired) electrons. The van der Waals surface area contributed by atoms with Gasteiger partial charge in [0.25, 0.3) is 5.91 Å². The Labute approximate surface area is 126 Å².